The summed E-state index contributed by atoms with van der Waals surface area (Å²) in [6, 6.07) is 3.88. The molecule has 0 aromatic heterocycles. The molecular formula is C13H18ClFN2O. The van der Waals surface area contributed by atoms with Gasteiger partial charge in [0.05, 0.1) is 5.56 Å². The van der Waals surface area contributed by atoms with Crippen LogP contribution in [0.1, 0.15) is 37.0 Å². The van der Waals surface area contributed by atoms with E-state index in [2.05, 4.69) is 5.32 Å². The Bertz CT molecular complexity index is 433. The van der Waals surface area contributed by atoms with Crippen LogP contribution >= 0.6 is 11.6 Å². The quantitative estimate of drug-likeness (QED) is 0.866. The molecule has 18 heavy (non-hydrogen) atoms. The van der Waals surface area contributed by atoms with Gasteiger partial charge in [-0.25, -0.2) is 4.39 Å². The van der Waals surface area contributed by atoms with Crippen molar-refractivity contribution in [1.29, 1.82) is 0 Å². The van der Waals surface area contributed by atoms with Crippen molar-refractivity contribution >= 4 is 17.5 Å². The maximum atomic E-state index is 13.5. The maximum Gasteiger partial charge on any atom is 0.254 e. The number of hydrogen-bond acceptors (Lipinski definition) is 2. The smallest absolute Gasteiger partial charge is 0.254 e. The molecule has 1 amide bonds. The molecule has 0 aliphatic carbocycles. The van der Waals surface area contributed by atoms with E-state index in [9.17, 15) is 9.18 Å². The average molecular weight is 273 g/mol. The summed E-state index contributed by atoms with van der Waals surface area (Å²) >= 11 is 5.73. The first-order chi connectivity index (χ1) is 8.41. The van der Waals surface area contributed by atoms with Crippen molar-refractivity contribution in [3.05, 3.63) is 34.6 Å². The molecule has 0 bridgehead atoms. The van der Waals surface area contributed by atoms with E-state index in [1.807, 2.05) is 13.8 Å². The number of amides is 1. The Morgan fingerprint density at radius 3 is 2.61 bits per heavy atom. The highest BCUT2D eigenvalue weighted by Gasteiger charge is 2.22. The molecule has 0 unspecified atom stereocenters. The number of rotatable bonds is 5. The molecule has 0 fully saturated rings. The third-order valence-electron chi connectivity index (χ3n) is 3.18. The zero-order valence-corrected chi connectivity index (χ0v) is 11.4. The molecular weight excluding hydrogens is 255 g/mol. The van der Waals surface area contributed by atoms with Gasteiger partial charge in [-0.3, -0.25) is 4.79 Å². The lowest BCUT2D eigenvalue weighted by molar-refractivity contribution is 0.0938. The molecule has 100 valence electrons. The third kappa shape index (κ3) is 3.68. The summed E-state index contributed by atoms with van der Waals surface area (Å²) in [5.41, 5.74) is 5.54. The summed E-state index contributed by atoms with van der Waals surface area (Å²) in [4.78, 5) is 11.8. The number of nitrogens with one attached hydrogen (secondary N) is 1. The lowest BCUT2D eigenvalue weighted by Crippen LogP contribution is -2.49. The van der Waals surface area contributed by atoms with E-state index in [1.54, 1.807) is 0 Å². The van der Waals surface area contributed by atoms with Crippen molar-refractivity contribution in [2.24, 2.45) is 5.73 Å². The topological polar surface area (TPSA) is 55.1 Å². The van der Waals surface area contributed by atoms with E-state index in [-0.39, 0.29) is 5.56 Å². The van der Waals surface area contributed by atoms with Gasteiger partial charge in [0.25, 0.3) is 5.91 Å². The van der Waals surface area contributed by atoms with Crippen LogP contribution in [-0.4, -0.2) is 18.0 Å². The van der Waals surface area contributed by atoms with Gasteiger partial charge < -0.3 is 11.1 Å². The lowest BCUT2D eigenvalue weighted by Gasteiger charge is -2.26. The van der Waals surface area contributed by atoms with Gasteiger partial charge in [0.2, 0.25) is 0 Å². The van der Waals surface area contributed by atoms with E-state index in [0.29, 0.717) is 11.6 Å². The lowest BCUT2D eigenvalue weighted by atomic mass is 9.94. The van der Waals surface area contributed by atoms with Crippen molar-refractivity contribution < 1.29 is 9.18 Å². The number of benzene rings is 1. The molecule has 0 radical (unpaired) electrons. The highest BCUT2D eigenvalue weighted by Crippen LogP contribution is 2.15. The summed E-state index contributed by atoms with van der Waals surface area (Å²) < 4.78 is 13.5. The van der Waals surface area contributed by atoms with E-state index >= 15 is 0 Å². The van der Waals surface area contributed by atoms with Crippen LogP contribution in [-0.2, 0) is 0 Å². The Morgan fingerprint density at radius 1 is 1.44 bits per heavy atom. The Labute approximate surface area is 112 Å². The number of carbonyl (C=O) groups excluding carboxylic acids is 1. The van der Waals surface area contributed by atoms with Crippen LogP contribution in [0.25, 0.3) is 0 Å². The Balaban J connectivity index is 2.74. The number of nitrogens with two attached hydrogens (primary N) is 1. The molecule has 1 aromatic rings. The molecule has 0 saturated carbocycles. The summed E-state index contributed by atoms with van der Waals surface area (Å²) in [5, 5.41) is 2.97. The van der Waals surface area contributed by atoms with Crippen LogP contribution in [0, 0.1) is 5.82 Å². The van der Waals surface area contributed by atoms with E-state index in [0.717, 1.165) is 12.8 Å². The van der Waals surface area contributed by atoms with Gasteiger partial charge in [0.1, 0.15) is 5.82 Å². The first-order valence-electron chi connectivity index (χ1n) is 5.94. The Morgan fingerprint density at radius 2 is 2.06 bits per heavy atom. The standard InChI is InChI=1S/C13H18ClFN2O/c1-3-13(16,4-2)8-17-12(18)10-7-9(14)5-6-11(10)15/h5-7H,3-4,8,16H2,1-2H3,(H,17,18). The van der Waals surface area contributed by atoms with Gasteiger partial charge >= 0.3 is 0 Å². The molecule has 0 spiro atoms. The normalized spacial score (nSPS) is 11.4. The fourth-order valence-corrected chi connectivity index (χ4v) is 1.70. The molecule has 1 rings (SSSR count). The van der Waals surface area contributed by atoms with Gasteiger partial charge in [0.15, 0.2) is 0 Å². The maximum absolute atomic E-state index is 13.5. The second kappa shape index (κ2) is 6.16. The van der Waals surface area contributed by atoms with Crippen molar-refractivity contribution in [2.75, 3.05) is 6.54 Å². The molecule has 3 nitrogen and oxygen atoms in total. The van der Waals surface area contributed by atoms with Crippen LogP contribution in [0.5, 0.6) is 0 Å². The van der Waals surface area contributed by atoms with Crippen LogP contribution in [0.4, 0.5) is 4.39 Å². The van der Waals surface area contributed by atoms with Crippen molar-refractivity contribution in [1.82, 2.24) is 5.32 Å². The molecule has 1 aromatic carbocycles. The van der Waals surface area contributed by atoms with Gasteiger partial charge in [-0.1, -0.05) is 25.4 Å². The predicted octanol–water partition coefficient (Wildman–Crippen LogP) is 2.73. The SMILES string of the molecule is CCC(N)(CC)CNC(=O)c1cc(Cl)ccc1F. The Kier molecular flexibility index (Phi) is 5.11. The third-order valence-corrected chi connectivity index (χ3v) is 3.42. The summed E-state index contributed by atoms with van der Waals surface area (Å²) in [5.74, 6) is -1.08. The number of hydrogen-bond donors (Lipinski definition) is 2. The van der Waals surface area contributed by atoms with Crippen molar-refractivity contribution in [3.63, 3.8) is 0 Å². The Hall–Kier alpha value is -1.13. The zero-order valence-electron chi connectivity index (χ0n) is 10.6. The summed E-state index contributed by atoms with van der Waals surface area (Å²) in [6.07, 6.45) is 1.48. The molecule has 3 N–H and O–H groups in total. The van der Waals surface area contributed by atoms with Crippen LogP contribution in [0.3, 0.4) is 0 Å². The number of halogens is 2. The second-order valence-corrected chi connectivity index (χ2v) is 4.81. The minimum Gasteiger partial charge on any atom is -0.350 e. The van der Waals surface area contributed by atoms with Crippen molar-refractivity contribution in [2.45, 2.75) is 32.2 Å². The molecule has 0 heterocycles. The molecule has 0 aliphatic heterocycles. The molecule has 0 aliphatic rings. The highest BCUT2D eigenvalue weighted by atomic mass is 35.5. The van der Waals surface area contributed by atoms with Gasteiger partial charge in [0, 0.05) is 17.1 Å². The molecule has 0 saturated heterocycles. The fraction of sp³-hybridized carbons (Fsp3) is 0.462. The van der Waals surface area contributed by atoms with Gasteiger partial charge in [-0.05, 0) is 31.0 Å². The minimum atomic E-state index is -0.590. The summed E-state index contributed by atoms with van der Waals surface area (Å²) in [6.45, 7) is 4.22. The van der Waals surface area contributed by atoms with Crippen LogP contribution in [0.2, 0.25) is 5.02 Å². The minimum absolute atomic E-state index is 0.0583. The molecule has 0 atom stereocenters. The van der Waals surface area contributed by atoms with Crippen LogP contribution < -0.4 is 11.1 Å². The highest BCUT2D eigenvalue weighted by molar-refractivity contribution is 6.30. The first kappa shape index (κ1) is 14.9. The fourth-order valence-electron chi connectivity index (χ4n) is 1.52. The number of carbonyl (C=O) groups is 1. The summed E-state index contributed by atoms with van der Waals surface area (Å²) in [7, 11) is 0. The van der Waals surface area contributed by atoms with Crippen LogP contribution in [0.15, 0.2) is 18.2 Å². The largest absolute Gasteiger partial charge is 0.350 e. The predicted molar refractivity (Wildman–Crippen MR) is 71.2 cm³/mol. The monoisotopic (exact) mass is 272 g/mol. The first-order valence-corrected chi connectivity index (χ1v) is 6.32. The zero-order chi connectivity index (χ0) is 13.8. The van der Waals surface area contributed by atoms with Crippen molar-refractivity contribution in [3.8, 4) is 0 Å². The van der Waals surface area contributed by atoms with E-state index in [4.69, 9.17) is 17.3 Å². The van der Waals surface area contributed by atoms with Gasteiger partial charge in [-0.15, -0.1) is 0 Å². The van der Waals surface area contributed by atoms with Gasteiger partial charge in [-0.2, -0.15) is 0 Å². The molecule has 5 heteroatoms. The van der Waals surface area contributed by atoms with E-state index in [1.165, 1.54) is 18.2 Å². The van der Waals surface area contributed by atoms with E-state index < -0.39 is 17.3 Å². The average Bonchev–Trinajstić information content (AvgIpc) is 2.38. The second-order valence-electron chi connectivity index (χ2n) is 4.38.